The lowest BCUT2D eigenvalue weighted by Crippen LogP contribution is -2.33. The van der Waals surface area contributed by atoms with E-state index >= 15 is 0 Å². The second kappa shape index (κ2) is 6.33. The monoisotopic (exact) mass is 363 g/mol. The Morgan fingerprint density at radius 1 is 1.22 bits per heavy atom. The predicted octanol–water partition coefficient (Wildman–Crippen LogP) is 1.59. The maximum absolute atomic E-state index is 10.6. The van der Waals surface area contributed by atoms with E-state index in [2.05, 4.69) is 25.1 Å². The molecule has 5 rings (SSSR count). The summed E-state index contributed by atoms with van der Waals surface area (Å²) in [6, 6.07) is 11.9. The minimum Gasteiger partial charge on any atom is -0.380 e. The Labute approximate surface area is 156 Å². The number of benzene rings is 1. The highest BCUT2D eigenvalue weighted by Gasteiger charge is 2.23. The van der Waals surface area contributed by atoms with Gasteiger partial charge < -0.3 is 10.1 Å². The van der Waals surface area contributed by atoms with Gasteiger partial charge in [-0.15, -0.1) is 0 Å². The average molecular weight is 363 g/mol. The highest BCUT2D eigenvalue weighted by molar-refractivity contribution is 5.74. The summed E-state index contributed by atoms with van der Waals surface area (Å²) in [6.45, 7) is 3.24. The van der Waals surface area contributed by atoms with Crippen molar-refractivity contribution >= 4 is 11.0 Å². The van der Waals surface area contributed by atoms with Crippen molar-refractivity contribution in [2.24, 2.45) is 7.05 Å². The summed E-state index contributed by atoms with van der Waals surface area (Å²) < 4.78 is 3.67. The van der Waals surface area contributed by atoms with Crippen LogP contribution in [-0.2, 0) is 26.7 Å². The van der Waals surface area contributed by atoms with E-state index in [4.69, 9.17) is 0 Å². The molecule has 1 aliphatic rings. The number of aliphatic hydroxyl groups excluding tert-OH is 1. The Bertz CT molecular complexity index is 1060. The maximum atomic E-state index is 10.6. The largest absolute Gasteiger partial charge is 0.380 e. The van der Waals surface area contributed by atoms with Crippen LogP contribution in [0.15, 0.2) is 42.6 Å². The zero-order valence-electron chi connectivity index (χ0n) is 15.1. The number of fused-ring (bicyclic) bond motifs is 2. The number of rotatable bonds is 4. The van der Waals surface area contributed by atoms with Crippen molar-refractivity contribution in [2.45, 2.75) is 25.7 Å². The van der Waals surface area contributed by atoms with Crippen molar-refractivity contribution in [3.05, 3.63) is 65.5 Å². The molecule has 8 heteroatoms. The Balaban J connectivity index is 1.34. The van der Waals surface area contributed by atoms with E-state index < -0.39 is 6.10 Å². The molecule has 1 aliphatic heterocycles. The summed E-state index contributed by atoms with van der Waals surface area (Å²) in [5.74, 6) is 0.972. The van der Waals surface area contributed by atoms with Gasteiger partial charge in [-0.2, -0.15) is 10.2 Å². The maximum Gasteiger partial charge on any atom is 0.139 e. The van der Waals surface area contributed by atoms with Gasteiger partial charge in [-0.1, -0.05) is 12.1 Å². The molecule has 3 aromatic heterocycles. The van der Waals surface area contributed by atoms with Crippen molar-refractivity contribution in [1.82, 2.24) is 34.4 Å². The first-order chi connectivity index (χ1) is 13.2. The third kappa shape index (κ3) is 2.92. The minimum absolute atomic E-state index is 0.666. The van der Waals surface area contributed by atoms with Gasteiger partial charge in [-0.3, -0.25) is 14.3 Å². The Kier molecular flexibility index (Phi) is 3.80. The topological polar surface area (TPSA) is 87.8 Å². The molecule has 4 heterocycles. The third-order valence-electron chi connectivity index (χ3n) is 5.13. The summed E-state index contributed by atoms with van der Waals surface area (Å²) in [5, 5.41) is 19.4. The number of imidazole rings is 1. The van der Waals surface area contributed by atoms with Crippen LogP contribution in [0.2, 0.25) is 0 Å². The van der Waals surface area contributed by atoms with Gasteiger partial charge in [0.25, 0.3) is 0 Å². The summed E-state index contributed by atoms with van der Waals surface area (Å²) >= 11 is 0. The van der Waals surface area contributed by atoms with Crippen LogP contribution in [0.4, 0.5) is 0 Å². The molecule has 4 aromatic rings. The van der Waals surface area contributed by atoms with E-state index in [0.717, 1.165) is 54.4 Å². The van der Waals surface area contributed by atoms with Gasteiger partial charge >= 0.3 is 0 Å². The lowest BCUT2D eigenvalue weighted by molar-refractivity contribution is 0.194. The fourth-order valence-electron chi connectivity index (χ4n) is 3.71. The first-order valence-electron chi connectivity index (χ1n) is 9.06. The fraction of sp³-hybridized carbons (Fsp3) is 0.316. The number of hydrogen-bond acceptors (Lipinski definition) is 5. The van der Waals surface area contributed by atoms with Crippen LogP contribution >= 0.6 is 0 Å². The van der Waals surface area contributed by atoms with Gasteiger partial charge in [0.05, 0.1) is 41.2 Å². The molecule has 0 radical (unpaired) electrons. The number of nitrogens with one attached hydrogen (secondary N) is 1. The highest BCUT2D eigenvalue weighted by Crippen LogP contribution is 2.24. The molecule has 0 saturated heterocycles. The Hall–Kier alpha value is -2.97. The summed E-state index contributed by atoms with van der Waals surface area (Å²) in [5.41, 5.74) is 4.57. The normalized spacial score (nSPS) is 15.9. The zero-order chi connectivity index (χ0) is 18.4. The van der Waals surface area contributed by atoms with Crippen LogP contribution < -0.4 is 0 Å². The number of aryl methyl sites for hydroxylation is 1. The second-order valence-electron chi connectivity index (χ2n) is 6.98. The number of aromatic nitrogens is 6. The molecular formula is C19H21N7O. The van der Waals surface area contributed by atoms with Gasteiger partial charge in [0.1, 0.15) is 11.9 Å². The zero-order valence-corrected chi connectivity index (χ0v) is 15.1. The van der Waals surface area contributed by atoms with Crippen molar-refractivity contribution < 1.29 is 5.11 Å². The summed E-state index contributed by atoms with van der Waals surface area (Å²) in [7, 11) is 1.82. The van der Waals surface area contributed by atoms with E-state index in [1.165, 1.54) is 0 Å². The van der Waals surface area contributed by atoms with E-state index in [9.17, 15) is 5.11 Å². The fourth-order valence-corrected chi connectivity index (χ4v) is 3.71. The number of hydrogen-bond donors (Lipinski definition) is 2. The van der Waals surface area contributed by atoms with Gasteiger partial charge in [0.2, 0.25) is 0 Å². The molecule has 0 aliphatic carbocycles. The van der Waals surface area contributed by atoms with Crippen molar-refractivity contribution in [1.29, 1.82) is 0 Å². The van der Waals surface area contributed by atoms with Gasteiger partial charge in [-0.25, -0.2) is 4.98 Å². The molecule has 0 unspecified atom stereocenters. The van der Waals surface area contributed by atoms with Crippen LogP contribution in [0, 0.1) is 0 Å². The van der Waals surface area contributed by atoms with Crippen LogP contribution in [-0.4, -0.2) is 46.1 Å². The van der Waals surface area contributed by atoms with Crippen LogP contribution in [0.5, 0.6) is 0 Å². The SMILES string of the molecule is Cn1nccc1[C@H](O)c1cc2n(n1)CCN(Cc1nc3ccccc3[nH]1)C2. The number of H-pyrrole nitrogens is 1. The van der Waals surface area contributed by atoms with Crippen LogP contribution in [0.25, 0.3) is 11.0 Å². The van der Waals surface area contributed by atoms with E-state index in [1.54, 1.807) is 10.9 Å². The van der Waals surface area contributed by atoms with Crippen LogP contribution in [0.3, 0.4) is 0 Å². The Morgan fingerprint density at radius 3 is 2.93 bits per heavy atom. The molecule has 0 fully saturated rings. The lowest BCUT2D eigenvalue weighted by atomic mass is 10.1. The lowest BCUT2D eigenvalue weighted by Gasteiger charge is -2.26. The molecule has 0 spiro atoms. The van der Waals surface area contributed by atoms with Crippen molar-refractivity contribution in [3.8, 4) is 0 Å². The van der Waals surface area contributed by atoms with Gasteiger partial charge in [0.15, 0.2) is 0 Å². The number of aromatic amines is 1. The molecule has 0 amide bonds. The van der Waals surface area contributed by atoms with E-state index in [-0.39, 0.29) is 0 Å². The number of para-hydroxylation sites is 2. The predicted molar refractivity (Wildman–Crippen MR) is 99.7 cm³/mol. The molecule has 1 atom stereocenters. The quantitative estimate of drug-likeness (QED) is 0.575. The number of aliphatic hydroxyl groups is 1. The molecule has 0 saturated carbocycles. The third-order valence-corrected chi connectivity index (χ3v) is 5.13. The van der Waals surface area contributed by atoms with Crippen molar-refractivity contribution in [3.63, 3.8) is 0 Å². The first-order valence-corrected chi connectivity index (χ1v) is 9.06. The molecule has 0 bridgehead atoms. The molecule has 2 N–H and O–H groups in total. The highest BCUT2D eigenvalue weighted by atomic mass is 16.3. The van der Waals surface area contributed by atoms with Crippen LogP contribution in [0.1, 0.15) is 29.0 Å². The summed E-state index contributed by atoms with van der Waals surface area (Å²) in [4.78, 5) is 10.4. The smallest absolute Gasteiger partial charge is 0.139 e. The van der Waals surface area contributed by atoms with E-state index in [0.29, 0.717) is 5.69 Å². The molecule has 8 nitrogen and oxygen atoms in total. The van der Waals surface area contributed by atoms with Gasteiger partial charge in [0, 0.05) is 26.3 Å². The minimum atomic E-state index is -0.764. The van der Waals surface area contributed by atoms with Crippen molar-refractivity contribution in [2.75, 3.05) is 6.54 Å². The first kappa shape index (κ1) is 16.2. The average Bonchev–Trinajstić information content (AvgIpc) is 3.37. The van der Waals surface area contributed by atoms with Gasteiger partial charge in [-0.05, 0) is 24.3 Å². The van der Waals surface area contributed by atoms with E-state index in [1.807, 2.05) is 48.1 Å². The number of nitrogens with zero attached hydrogens (tertiary/aromatic N) is 6. The Morgan fingerprint density at radius 2 is 2.11 bits per heavy atom. The molecular weight excluding hydrogens is 342 g/mol. The molecule has 138 valence electrons. The summed E-state index contributed by atoms with van der Waals surface area (Å²) in [6.07, 6.45) is 0.920. The second-order valence-corrected chi connectivity index (χ2v) is 6.98. The standard InChI is InChI=1S/C19H21N7O/c1-24-17(6-7-20-24)19(27)16-10-13-11-25(8-9-26(13)23-16)12-18-21-14-4-2-3-5-15(14)22-18/h2-7,10,19,27H,8-9,11-12H2,1H3,(H,21,22)/t19-/m1/s1. The molecule has 27 heavy (non-hydrogen) atoms. The molecule has 1 aromatic carbocycles.